The minimum absolute atomic E-state index is 0.0328. The summed E-state index contributed by atoms with van der Waals surface area (Å²) in [7, 11) is -3.42. The fraction of sp³-hybridized carbons (Fsp3) is 0.400. The molecule has 2 nitrogen and oxygen atoms in total. The summed E-state index contributed by atoms with van der Waals surface area (Å²) in [6.45, 7) is 1.35. The van der Waals surface area contributed by atoms with Crippen LogP contribution in [0.2, 0.25) is 0 Å². The second-order valence-corrected chi connectivity index (χ2v) is 7.45. The van der Waals surface area contributed by atoms with E-state index in [9.17, 15) is 17.2 Å². The molecule has 0 saturated carbocycles. The maximum atomic E-state index is 13.6. The highest BCUT2D eigenvalue weighted by Crippen LogP contribution is 2.32. The van der Waals surface area contributed by atoms with Gasteiger partial charge in [0.15, 0.2) is 9.84 Å². The third-order valence-corrected chi connectivity index (χ3v) is 5.42. The van der Waals surface area contributed by atoms with Gasteiger partial charge in [-0.2, -0.15) is 0 Å². The smallest absolute Gasteiger partial charge is 0.151 e. The van der Waals surface area contributed by atoms with Crippen molar-refractivity contribution in [3.63, 3.8) is 0 Å². The van der Waals surface area contributed by atoms with Crippen LogP contribution in [0.3, 0.4) is 0 Å². The van der Waals surface area contributed by atoms with Gasteiger partial charge in [-0.3, -0.25) is 0 Å². The van der Waals surface area contributed by atoms with Crippen molar-refractivity contribution < 1.29 is 17.2 Å². The molecule has 0 heterocycles. The fourth-order valence-electron chi connectivity index (χ4n) is 1.22. The monoisotopic (exact) mass is 346 g/mol. The third-order valence-electron chi connectivity index (χ3n) is 2.42. The maximum Gasteiger partial charge on any atom is 0.151 e. The van der Waals surface area contributed by atoms with Crippen LogP contribution < -0.4 is 0 Å². The van der Waals surface area contributed by atoms with Crippen LogP contribution in [-0.4, -0.2) is 19.9 Å². The van der Waals surface area contributed by atoms with Gasteiger partial charge in [-0.25, -0.2) is 17.2 Å². The van der Waals surface area contributed by atoms with E-state index in [4.69, 9.17) is 11.6 Å². The average molecular weight is 348 g/mol. The van der Waals surface area contributed by atoms with Gasteiger partial charge in [0, 0.05) is 11.8 Å². The first-order valence-corrected chi connectivity index (χ1v) is 7.80. The summed E-state index contributed by atoms with van der Waals surface area (Å²) in [5.41, 5.74) is -0.162. The predicted octanol–water partition coefficient (Wildman–Crippen LogP) is 3.44. The van der Waals surface area contributed by atoms with Crippen LogP contribution in [0, 0.1) is 11.6 Å². The minimum Gasteiger partial charge on any atom is -0.229 e. The lowest BCUT2D eigenvalue weighted by molar-refractivity contribution is 0.565. The van der Waals surface area contributed by atoms with E-state index in [1.54, 1.807) is 0 Å². The second-order valence-electron chi connectivity index (χ2n) is 3.72. The summed E-state index contributed by atoms with van der Waals surface area (Å²) in [4.78, 5) is 0. The minimum atomic E-state index is -3.42. The Morgan fingerprint density at radius 3 is 2.29 bits per heavy atom. The van der Waals surface area contributed by atoms with Crippen LogP contribution in [0.1, 0.15) is 17.9 Å². The zero-order valence-corrected chi connectivity index (χ0v) is 12.2. The van der Waals surface area contributed by atoms with Gasteiger partial charge in [-0.1, -0.05) is 0 Å². The quantitative estimate of drug-likeness (QED) is 0.620. The molecule has 2 unspecified atom stereocenters. The topological polar surface area (TPSA) is 34.1 Å². The van der Waals surface area contributed by atoms with Crippen molar-refractivity contribution in [2.24, 2.45) is 0 Å². The Morgan fingerprint density at radius 2 is 1.82 bits per heavy atom. The number of sulfone groups is 1. The molecule has 0 radical (unpaired) electrons. The Labute approximate surface area is 112 Å². The standard InChI is InChI=1S/C10H10BrClF2O2S/c1-5(17(2,15)16)10(12)6-3-9(14)7(11)4-8(6)13/h3-5,10H,1-2H3. The van der Waals surface area contributed by atoms with E-state index in [0.717, 1.165) is 18.4 Å². The summed E-state index contributed by atoms with van der Waals surface area (Å²) >= 11 is 8.70. The number of hydrogen-bond acceptors (Lipinski definition) is 2. The molecule has 1 aromatic carbocycles. The zero-order valence-electron chi connectivity index (χ0n) is 9.05. The van der Waals surface area contributed by atoms with Gasteiger partial charge in [0.2, 0.25) is 0 Å². The lowest BCUT2D eigenvalue weighted by atomic mass is 10.1. The molecule has 96 valence electrons. The normalized spacial score (nSPS) is 15.6. The zero-order chi connectivity index (χ0) is 13.4. The summed E-state index contributed by atoms with van der Waals surface area (Å²) in [5, 5.41) is -2.13. The molecule has 0 N–H and O–H groups in total. The maximum absolute atomic E-state index is 13.6. The van der Waals surface area contributed by atoms with Crippen molar-refractivity contribution in [1.82, 2.24) is 0 Å². The Kier molecular flexibility index (Phi) is 4.54. The van der Waals surface area contributed by atoms with Crippen molar-refractivity contribution in [2.75, 3.05) is 6.26 Å². The largest absolute Gasteiger partial charge is 0.229 e. The molecule has 0 spiro atoms. The van der Waals surface area contributed by atoms with Gasteiger partial charge in [-0.15, -0.1) is 11.6 Å². The van der Waals surface area contributed by atoms with Crippen LogP contribution in [0.25, 0.3) is 0 Å². The molecule has 0 aliphatic heterocycles. The van der Waals surface area contributed by atoms with E-state index in [2.05, 4.69) is 15.9 Å². The van der Waals surface area contributed by atoms with Crippen LogP contribution in [0.5, 0.6) is 0 Å². The molecule has 1 rings (SSSR count). The van der Waals surface area contributed by atoms with E-state index in [0.29, 0.717) is 0 Å². The van der Waals surface area contributed by atoms with Gasteiger partial charge in [0.1, 0.15) is 11.6 Å². The lowest BCUT2D eigenvalue weighted by Crippen LogP contribution is -2.22. The Morgan fingerprint density at radius 1 is 1.29 bits per heavy atom. The SMILES string of the molecule is CC(C(Cl)c1cc(F)c(Br)cc1F)S(C)(=O)=O. The van der Waals surface area contributed by atoms with Gasteiger partial charge in [0.25, 0.3) is 0 Å². The van der Waals surface area contributed by atoms with Crippen molar-refractivity contribution >= 4 is 37.4 Å². The molecule has 0 aromatic heterocycles. The van der Waals surface area contributed by atoms with Gasteiger partial charge in [0.05, 0.1) is 15.1 Å². The number of alkyl halides is 1. The molecule has 0 aliphatic rings. The van der Waals surface area contributed by atoms with Crippen molar-refractivity contribution in [2.45, 2.75) is 17.6 Å². The van der Waals surface area contributed by atoms with Gasteiger partial charge in [-0.05, 0) is 35.0 Å². The molecule has 17 heavy (non-hydrogen) atoms. The van der Waals surface area contributed by atoms with E-state index in [-0.39, 0.29) is 10.0 Å². The Hall–Kier alpha value is -0.200. The summed E-state index contributed by atoms with van der Waals surface area (Å²) < 4.78 is 49.4. The predicted molar refractivity (Wildman–Crippen MR) is 67.0 cm³/mol. The first-order valence-electron chi connectivity index (χ1n) is 4.62. The highest BCUT2D eigenvalue weighted by Gasteiger charge is 2.28. The van der Waals surface area contributed by atoms with Crippen LogP contribution in [-0.2, 0) is 9.84 Å². The number of rotatable bonds is 3. The van der Waals surface area contributed by atoms with Crippen LogP contribution in [0.15, 0.2) is 16.6 Å². The van der Waals surface area contributed by atoms with E-state index in [1.807, 2.05) is 0 Å². The van der Waals surface area contributed by atoms with Gasteiger partial charge < -0.3 is 0 Å². The lowest BCUT2D eigenvalue weighted by Gasteiger charge is -2.17. The Bertz CT molecular complexity index is 533. The number of hydrogen-bond donors (Lipinski definition) is 0. The second kappa shape index (κ2) is 5.20. The molecule has 1 aromatic rings. The molecule has 0 saturated heterocycles. The van der Waals surface area contributed by atoms with Crippen molar-refractivity contribution in [3.05, 3.63) is 33.8 Å². The summed E-state index contributed by atoms with van der Waals surface area (Å²) in [6.07, 6.45) is 1.00. The number of benzene rings is 1. The van der Waals surface area contributed by atoms with Crippen molar-refractivity contribution in [1.29, 1.82) is 0 Å². The first kappa shape index (κ1) is 14.9. The fourth-order valence-corrected chi connectivity index (χ4v) is 2.84. The molecule has 0 amide bonds. The molecular weight excluding hydrogens is 338 g/mol. The first-order chi connectivity index (χ1) is 7.64. The Balaban J connectivity index is 3.22. The highest BCUT2D eigenvalue weighted by molar-refractivity contribution is 9.10. The average Bonchev–Trinajstić information content (AvgIpc) is 2.20. The molecule has 0 fully saturated rings. The third kappa shape index (κ3) is 3.39. The van der Waals surface area contributed by atoms with E-state index < -0.39 is 32.1 Å². The molecular formula is C10H10BrClF2O2S. The molecule has 0 aliphatic carbocycles. The summed E-state index contributed by atoms with van der Waals surface area (Å²) in [5.74, 6) is -1.43. The van der Waals surface area contributed by atoms with Gasteiger partial charge >= 0.3 is 0 Å². The van der Waals surface area contributed by atoms with Crippen LogP contribution >= 0.6 is 27.5 Å². The van der Waals surface area contributed by atoms with Crippen LogP contribution in [0.4, 0.5) is 8.78 Å². The van der Waals surface area contributed by atoms with Crippen molar-refractivity contribution in [3.8, 4) is 0 Å². The molecule has 7 heteroatoms. The highest BCUT2D eigenvalue weighted by atomic mass is 79.9. The summed E-state index contributed by atoms with van der Waals surface area (Å²) in [6, 6.07) is 1.83. The molecule has 0 bridgehead atoms. The molecule has 2 atom stereocenters. The van der Waals surface area contributed by atoms with E-state index >= 15 is 0 Å². The van der Waals surface area contributed by atoms with E-state index in [1.165, 1.54) is 6.92 Å². The number of halogens is 4.